The zero-order valence-corrected chi connectivity index (χ0v) is 19.1. The summed E-state index contributed by atoms with van der Waals surface area (Å²) < 4.78 is 106. The van der Waals surface area contributed by atoms with E-state index >= 15 is 0 Å². The van der Waals surface area contributed by atoms with E-state index in [4.69, 9.17) is 0 Å². The number of likely N-dealkylation sites (tertiary alicyclic amines) is 1. The van der Waals surface area contributed by atoms with Crippen LogP contribution in [0.4, 0.5) is 26.3 Å². The van der Waals surface area contributed by atoms with E-state index < -0.39 is 39.6 Å². The summed E-state index contributed by atoms with van der Waals surface area (Å²) in [7, 11) is -3.40. The molecule has 0 bridgehead atoms. The smallest absolute Gasteiger partial charge is 0.297 e. The Morgan fingerprint density at radius 2 is 1.44 bits per heavy atom. The summed E-state index contributed by atoms with van der Waals surface area (Å²) in [4.78, 5) is 2.21. The fourth-order valence-electron chi connectivity index (χ4n) is 6.93. The summed E-state index contributed by atoms with van der Waals surface area (Å²) in [5.74, 6) is -2.86. The van der Waals surface area contributed by atoms with E-state index in [1.54, 1.807) is 0 Å². The van der Waals surface area contributed by atoms with Gasteiger partial charge in [0.05, 0.1) is 18.1 Å². The topological polar surface area (TPSA) is 40.6 Å². The molecule has 0 N–H and O–H groups in total. The van der Waals surface area contributed by atoms with E-state index in [0.717, 1.165) is 6.26 Å². The standard InChI is InChI=1S/C21H32F6N2O2S/c1-32(30,31)28-9-8-19(12-28)11-14-10-16(21(25,26)27)4-7-18(14)29(13-19)17-5-2-15(3-6-17)20(22,23)24/h14-18H,2-13H2,1H3. The lowest BCUT2D eigenvalue weighted by Gasteiger charge is -2.56. The molecule has 1 spiro atoms. The molecule has 4 rings (SSSR count). The van der Waals surface area contributed by atoms with Crippen LogP contribution in [-0.4, -0.2) is 67.9 Å². The third-order valence-corrected chi connectivity index (χ3v) is 9.80. The van der Waals surface area contributed by atoms with Crippen LogP contribution in [0, 0.1) is 23.2 Å². The van der Waals surface area contributed by atoms with Gasteiger partial charge in [-0.25, -0.2) is 12.7 Å². The molecule has 4 nitrogen and oxygen atoms in total. The van der Waals surface area contributed by atoms with Crippen LogP contribution in [0.25, 0.3) is 0 Å². The molecular formula is C21H32F6N2O2S. The predicted molar refractivity (Wildman–Crippen MR) is 107 cm³/mol. The molecule has 0 aromatic carbocycles. The number of halogens is 6. The molecule has 0 radical (unpaired) electrons. The molecule has 2 aliphatic heterocycles. The second-order valence-corrected chi connectivity index (χ2v) is 12.6. The van der Waals surface area contributed by atoms with Crippen LogP contribution < -0.4 is 0 Å². The molecular weight excluding hydrogens is 458 g/mol. The number of sulfonamides is 1. The molecule has 2 heterocycles. The fourth-order valence-corrected chi connectivity index (χ4v) is 7.87. The van der Waals surface area contributed by atoms with Crippen LogP contribution in [0.5, 0.6) is 0 Å². The lowest BCUT2D eigenvalue weighted by atomic mass is 9.64. The largest absolute Gasteiger partial charge is 0.391 e. The molecule has 0 aromatic heterocycles. The second-order valence-electron chi connectivity index (χ2n) is 10.6. The molecule has 4 aliphatic rings. The van der Waals surface area contributed by atoms with E-state index in [9.17, 15) is 34.8 Å². The first-order valence-electron chi connectivity index (χ1n) is 11.5. The lowest BCUT2D eigenvalue weighted by Crippen LogP contribution is -2.60. The Bertz CT molecular complexity index is 793. The number of hydrogen-bond acceptors (Lipinski definition) is 3. The number of fused-ring (bicyclic) bond motifs is 1. The van der Waals surface area contributed by atoms with Crippen molar-refractivity contribution >= 4 is 10.0 Å². The average Bonchev–Trinajstić information content (AvgIpc) is 3.09. The van der Waals surface area contributed by atoms with Gasteiger partial charge in [-0.3, -0.25) is 4.90 Å². The molecule has 0 aromatic rings. The summed E-state index contributed by atoms with van der Waals surface area (Å²) in [6.07, 6.45) is -4.78. The zero-order valence-electron chi connectivity index (χ0n) is 18.3. The minimum atomic E-state index is -4.25. The zero-order chi connectivity index (χ0) is 23.5. The quantitative estimate of drug-likeness (QED) is 0.522. The van der Waals surface area contributed by atoms with Gasteiger partial charge in [-0.15, -0.1) is 0 Å². The van der Waals surface area contributed by atoms with Crippen molar-refractivity contribution in [2.24, 2.45) is 23.2 Å². The van der Waals surface area contributed by atoms with Gasteiger partial charge in [0, 0.05) is 31.7 Å². The molecule has 4 fully saturated rings. The van der Waals surface area contributed by atoms with Gasteiger partial charge in [0.1, 0.15) is 0 Å². The number of hydrogen-bond donors (Lipinski definition) is 0. The van der Waals surface area contributed by atoms with E-state index in [2.05, 4.69) is 4.90 Å². The van der Waals surface area contributed by atoms with Gasteiger partial charge in [0.2, 0.25) is 10.0 Å². The van der Waals surface area contributed by atoms with Gasteiger partial charge in [-0.1, -0.05) is 0 Å². The Balaban J connectivity index is 1.55. The molecule has 2 saturated carbocycles. The summed E-state index contributed by atoms with van der Waals surface area (Å²) in [5.41, 5.74) is -0.418. The Morgan fingerprint density at radius 3 is 1.97 bits per heavy atom. The van der Waals surface area contributed by atoms with Gasteiger partial charge >= 0.3 is 12.4 Å². The highest BCUT2D eigenvalue weighted by atomic mass is 32.2. The lowest BCUT2D eigenvalue weighted by molar-refractivity contribution is -0.199. The maximum absolute atomic E-state index is 13.5. The highest BCUT2D eigenvalue weighted by molar-refractivity contribution is 7.88. The fraction of sp³-hybridized carbons (Fsp3) is 1.00. The van der Waals surface area contributed by atoms with Crippen LogP contribution in [0.1, 0.15) is 57.8 Å². The minimum Gasteiger partial charge on any atom is -0.297 e. The molecule has 32 heavy (non-hydrogen) atoms. The highest BCUT2D eigenvalue weighted by Gasteiger charge is 2.55. The van der Waals surface area contributed by atoms with E-state index in [0.29, 0.717) is 51.7 Å². The van der Waals surface area contributed by atoms with Crippen molar-refractivity contribution in [2.75, 3.05) is 25.9 Å². The van der Waals surface area contributed by atoms with Gasteiger partial charge < -0.3 is 0 Å². The van der Waals surface area contributed by atoms with E-state index in [-0.39, 0.29) is 43.7 Å². The summed E-state index contributed by atoms with van der Waals surface area (Å²) >= 11 is 0. The molecule has 4 unspecified atom stereocenters. The first kappa shape index (κ1) is 24.6. The third kappa shape index (κ3) is 4.94. The molecule has 186 valence electrons. The van der Waals surface area contributed by atoms with Crippen LogP contribution >= 0.6 is 0 Å². The molecule has 11 heteroatoms. The Hall–Kier alpha value is -0.550. The van der Waals surface area contributed by atoms with Gasteiger partial charge in [-0.05, 0) is 69.1 Å². The van der Waals surface area contributed by atoms with Crippen LogP contribution in [0.15, 0.2) is 0 Å². The Labute approximate surface area is 185 Å². The SMILES string of the molecule is CS(=O)(=O)N1CCC2(CC3CC(C(F)(F)F)CCC3N(C3CCC(C(F)(F)F)CC3)C2)C1. The molecule has 4 atom stereocenters. The van der Waals surface area contributed by atoms with Crippen molar-refractivity contribution < 1.29 is 34.8 Å². The Kier molecular flexibility index (Phi) is 6.36. The second kappa shape index (κ2) is 8.29. The third-order valence-electron chi connectivity index (χ3n) is 8.55. The summed E-state index contributed by atoms with van der Waals surface area (Å²) in [6.45, 7) is 1.21. The van der Waals surface area contributed by atoms with Crippen LogP contribution in [0.2, 0.25) is 0 Å². The number of nitrogens with zero attached hydrogens (tertiary/aromatic N) is 2. The molecule has 0 amide bonds. The minimum absolute atomic E-state index is 0.0309. The molecule has 2 saturated heterocycles. The van der Waals surface area contributed by atoms with E-state index in [1.807, 2.05) is 0 Å². The molecule has 2 aliphatic carbocycles. The van der Waals surface area contributed by atoms with Gasteiger partial charge in [0.15, 0.2) is 0 Å². The summed E-state index contributed by atoms with van der Waals surface area (Å²) in [6, 6.07) is -0.132. The van der Waals surface area contributed by atoms with E-state index in [1.165, 1.54) is 4.31 Å². The predicted octanol–water partition coefficient (Wildman–Crippen LogP) is 4.81. The van der Waals surface area contributed by atoms with Crippen molar-refractivity contribution in [2.45, 2.75) is 82.2 Å². The number of alkyl halides is 6. The number of rotatable bonds is 2. The monoisotopic (exact) mass is 490 g/mol. The van der Waals surface area contributed by atoms with Gasteiger partial charge in [-0.2, -0.15) is 26.3 Å². The van der Waals surface area contributed by atoms with Crippen molar-refractivity contribution in [3.63, 3.8) is 0 Å². The maximum Gasteiger partial charge on any atom is 0.391 e. The van der Waals surface area contributed by atoms with Crippen molar-refractivity contribution in [1.82, 2.24) is 9.21 Å². The normalized spacial score (nSPS) is 40.5. The first-order valence-corrected chi connectivity index (χ1v) is 13.4. The highest BCUT2D eigenvalue weighted by Crippen LogP contribution is 2.53. The average molecular weight is 491 g/mol. The van der Waals surface area contributed by atoms with Crippen molar-refractivity contribution in [1.29, 1.82) is 0 Å². The van der Waals surface area contributed by atoms with Gasteiger partial charge in [0.25, 0.3) is 0 Å². The van der Waals surface area contributed by atoms with Crippen LogP contribution in [0.3, 0.4) is 0 Å². The van der Waals surface area contributed by atoms with Crippen molar-refractivity contribution in [3.05, 3.63) is 0 Å². The Morgan fingerprint density at radius 1 is 0.844 bits per heavy atom. The van der Waals surface area contributed by atoms with Crippen LogP contribution in [-0.2, 0) is 10.0 Å². The van der Waals surface area contributed by atoms with Crippen molar-refractivity contribution in [3.8, 4) is 0 Å². The number of piperidine rings is 1. The maximum atomic E-state index is 13.5. The summed E-state index contributed by atoms with van der Waals surface area (Å²) in [5, 5.41) is 0. The first-order chi connectivity index (χ1) is 14.7.